The van der Waals surface area contributed by atoms with Crippen LogP contribution in [-0.4, -0.2) is 19.3 Å². The number of fused-ring (bicyclic) bond motifs is 1. The summed E-state index contributed by atoms with van der Waals surface area (Å²) < 4.78 is 4.25. The van der Waals surface area contributed by atoms with Crippen LogP contribution in [-0.2, 0) is 7.05 Å². The van der Waals surface area contributed by atoms with Gasteiger partial charge in [-0.3, -0.25) is 14.0 Å². The molecule has 5 nitrogen and oxygen atoms in total. The quantitative estimate of drug-likeness (QED) is 0.744. The van der Waals surface area contributed by atoms with Gasteiger partial charge in [0.15, 0.2) is 0 Å². The maximum Gasteiger partial charge on any atom is 0.271 e. The molecule has 1 atom stereocenters. The average Bonchev–Trinajstić information content (AvgIpc) is 3.01. The molecular weight excluding hydrogens is 272 g/mol. The monoisotopic (exact) mass is 288 g/mol. The summed E-state index contributed by atoms with van der Waals surface area (Å²) in [7, 11) is 1.89. The number of hydrogen-bond donors (Lipinski definition) is 0. The van der Waals surface area contributed by atoms with Crippen molar-refractivity contribution in [3.05, 3.63) is 45.6 Å². The standard InChI is InChI=1S/C14H16N4OS/c1-4-10(11-5-6-16-17(11)3)18-8-15-12-9(2)7-20-13(12)14(18)19/h5-8,10H,4H2,1-3H3/t10-/m0/s1. The third kappa shape index (κ3) is 1.87. The van der Waals surface area contributed by atoms with Crippen molar-refractivity contribution in [1.29, 1.82) is 0 Å². The first-order valence-electron chi connectivity index (χ1n) is 6.56. The lowest BCUT2D eigenvalue weighted by Gasteiger charge is -2.18. The van der Waals surface area contributed by atoms with Gasteiger partial charge in [-0.2, -0.15) is 5.10 Å². The Labute approximate surface area is 120 Å². The lowest BCUT2D eigenvalue weighted by atomic mass is 10.1. The summed E-state index contributed by atoms with van der Waals surface area (Å²) in [5.41, 5.74) is 2.92. The van der Waals surface area contributed by atoms with E-state index in [9.17, 15) is 4.79 Å². The Morgan fingerprint density at radius 3 is 2.90 bits per heavy atom. The normalized spacial score (nSPS) is 12.9. The molecule has 3 aromatic heterocycles. The molecule has 0 aliphatic rings. The zero-order chi connectivity index (χ0) is 14.3. The van der Waals surface area contributed by atoms with E-state index in [4.69, 9.17) is 0 Å². The van der Waals surface area contributed by atoms with Gasteiger partial charge in [-0.05, 0) is 30.4 Å². The minimum Gasteiger partial charge on any atom is -0.289 e. The summed E-state index contributed by atoms with van der Waals surface area (Å²) in [6.07, 6.45) is 4.23. The molecule has 0 spiro atoms. The Morgan fingerprint density at radius 2 is 2.25 bits per heavy atom. The minimum atomic E-state index is -0.0330. The van der Waals surface area contributed by atoms with Crippen LogP contribution in [0.3, 0.4) is 0 Å². The molecule has 0 bridgehead atoms. The third-order valence-corrected chi connectivity index (χ3v) is 4.68. The second-order valence-electron chi connectivity index (χ2n) is 4.86. The van der Waals surface area contributed by atoms with E-state index >= 15 is 0 Å². The highest BCUT2D eigenvalue weighted by molar-refractivity contribution is 7.17. The van der Waals surface area contributed by atoms with Crippen molar-refractivity contribution in [3.8, 4) is 0 Å². The van der Waals surface area contributed by atoms with Gasteiger partial charge in [-0.25, -0.2) is 4.98 Å². The largest absolute Gasteiger partial charge is 0.289 e. The Bertz CT molecular complexity index is 814. The van der Waals surface area contributed by atoms with Crippen LogP contribution in [0.25, 0.3) is 10.2 Å². The molecule has 3 aromatic rings. The fourth-order valence-electron chi connectivity index (χ4n) is 2.52. The van der Waals surface area contributed by atoms with Gasteiger partial charge in [0.2, 0.25) is 0 Å². The average molecular weight is 288 g/mol. The van der Waals surface area contributed by atoms with Gasteiger partial charge in [-0.1, -0.05) is 6.92 Å². The smallest absolute Gasteiger partial charge is 0.271 e. The number of aryl methyl sites for hydroxylation is 2. The van der Waals surface area contributed by atoms with Gasteiger partial charge >= 0.3 is 0 Å². The third-order valence-electron chi connectivity index (χ3n) is 3.60. The number of aromatic nitrogens is 4. The first-order valence-corrected chi connectivity index (χ1v) is 7.44. The maximum atomic E-state index is 12.7. The molecule has 0 saturated carbocycles. The molecule has 0 unspecified atom stereocenters. The van der Waals surface area contributed by atoms with Gasteiger partial charge < -0.3 is 0 Å². The minimum absolute atomic E-state index is 0.0288. The topological polar surface area (TPSA) is 52.7 Å². The van der Waals surface area contributed by atoms with Crippen LogP contribution >= 0.6 is 11.3 Å². The van der Waals surface area contributed by atoms with Crippen molar-refractivity contribution in [3.63, 3.8) is 0 Å². The predicted octanol–water partition coefficient (Wildman–Crippen LogP) is 2.50. The molecule has 3 heterocycles. The Morgan fingerprint density at radius 1 is 1.45 bits per heavy atom. The van der Waals surface area contributed by atoms with Crippen LogP contribution in [0.1, 0.15) is 30.6 Å². The fraction of sp³-hybridized carbons (Fsp3) is 0.357. The van der Waals surface area contributed by atoms with Crippen molar-refractivity contribution >= 4 is 21.6 Å². The van der Waals surface area contributed by atoms with Crippen molar-refractivity contribution < 1.29 is 0 Å². The molecule has 104 valence electrons. The SMILES string of the molecule is CC[C@@H](c1ccnn1C)n1cnc2c(C)csc2c1=O. The first-order chi connectivity index (χ1) is 9.63. The maximum absolute atomic E-state index is 12.7. The van der Waals surface area contributed by atoms with Gasteiger partial charge in [0.25, 0.3) is 5.56 Å². The summed E-state index contributed by atoms with van der Waals surface area (Å²) in [4.78, 5) is 17.1. The molecule has 0 radical (unpaired) electrons. The summed E-state index contributed by atoms with van der Waals surface area (Å²) in [6, 6.07) is 1.92. The first kappa shape index (κ1) is 13.1. The lowest BCUT2D eigenvalue weighted by molar-refractivity contribution is 0.503. The zero-order valence-electron chi connectivity index (χ0n) is 11.7. The zero-order valence-corrected chi connectivity index (χ0v) is 12.5. The molecule has 20 heavy (non-hydrogen) atoms. The van der Waals surface area contributed by atoms with Gasteiger partial charge in [0.05, 0.1) is 23.6 Å². The molecule has 0 aromatic carbocycles. The van der Waals surface area contributed by atoms with Crippen molar-refractivity contribution in [2.45, 2.75) is 26.3 Å². The molecule has 0 amide bonds. The van der Waals surface area contributed by atoms with E-state index < -0.39 is 0 Å². The van der Waals surface area contributed by atoms with Gasteiger partial charge in [-0.15, -0.1) is 11.3 Å². The van der Waals surface area contributed by atoms with Crippen LogP contribution < -0.4 is 5.56 Å². The summed E-state index contributed by atoms with van der Waals surface area (Å²) >= 11 is 1.47. The number of rotatable bonds is 3. The highest BCUT2D eigenvalue weighted by Crippen LogP contribution is 2.23. The second-order valence-corrected chi connectivity index (χ2v) is 5.74. The molecular formula is C14H16N4OS. The summed E-state index contributed by atoms with van der Waals surface area (Å²) in [5, 5.41) is 6.17. The van der Waals surface area contributed by atoms with Gasteiger partial charge in [0, 0.05) is 13.2 Å². The highest BCUT2D eigenvalue weighted by atomic mass is 32.1. The Kier molecular flexibility index (Phi) is 3.17. The van der Waals surface area contributed by atoms with Crippen molar-refractivity contribution in [2.75, 3.05) is 0 Å². The van der Waals surface area contributed by atoms with Crippen LogP contribution in [0.2, 0.25) is 0 Å². The number of hydrogen-bond acceptors (Lipinski definition) is 4. The second kappa shape index (κ2) is 4.86. The molecule has 0 aliphatic carbocycles. The van der Waals surface area contributed by atoms with Crippen LogP contribution in [0.15, 0.2) is 28.8 Å². The van der Waals surface area contributed by atoms with Crippen molar-refractivity contribution in [2.24, 2.45) is 7.05 Å². The van der Waals surface area contributed by atoms with E-state index in [0.29, 0.717) is 0 Å². The Hall–Kier alpha value is -1.95. The van der Waals surface area contributed by atoms with Gasteiger partial charge in [0.1, 0.15) is 4.70 Å². The van der Waals surface area contributed by atoms with E-state index in [1.165, 1.54) is 11.3 Å². The number of nitrogens with zero attached hydrogens (tertiary/aromatic N) is 4. The van der Waals surface area contributed by atoms with Crippen LogP contribution in [0.5, 0.6) is 0 Å². The van der Waals surface area contributed by atoms with Crippen LogP contribution in [0, 0.1) is 6.92 Å². The van der Waals surface area contributed by atoms with E-state index in [2.05, 4.69) is 17.0 Å². The molecule has 0 fully saturated rings. The van der Waals surface area contributed by atoms with E-state index in [1.54, 1.807) is 17.1 Å². The lowest BCUT2D eigenvalue weighted by Crippen LogP contribution is -2.26. The molecule has 0 aliphatic heterocycles. The molecule has 6 heteroatoms. The molecule has 0 N–H and O–H groups in total. The summed E-state index contributed by atoms with van der Waals surface area (Å²) in [5.74, 6) is 0. The fourth-order valence-corrected chi connectivity index (χ4v) is 3.46. The molecule has 0 saturated heterocycles. The number of thiophene rings is 1. The van der Waals surface area contributed by atoms with E-state index in [1.807, 2.05) is 30.1 Å². The van der Waals surface area contributed by atoms with E-state index in [-0.39, 0.29) is 11.6 Å². The highest BCUT2D eigenvalue weighted by Gasteiger charge is 2.18. The van der Waals surface area contributed by atoms with E-state index in [0.717, 1.165) is 27.9 Å². The Balaban J connectivity index is 2.20. The molecule has 3 rings (SSSR count). The van der Waals surface area contributed by atoms with Crippen LogP contribution in [0.4, 0.5) is 0 Å². The van der Waals surface area contributed by atoms with Crippen molar-refractivity contribution in [1.82, 2.24) is 19.3 Å². The predicted molar refractivity (Wildman–Crippen MR) is 80.3 cm³/mol. The summed E-state index contributed by atoms with van der Waals surface area (Å²) in [6.45, 7) is 4.04.